The third kappa shape index (κ3) is 6.17. The van der Waals surface area contributed by atoms with Gasteiger partial charge in [0, 0.05) is 20.2 Å². The Morgan fingerprint density at radius 2 is 1.94 bits per heavy atom. The van der Waals surface area contributed by atoms with E-state index in [-0.39, 0.29) is 0 Å². The first-order valence-corrected chi connectivity index (χ1v) is 7.75. The molecule has 0 bridgehead atoms. The van der Waals surface area contributed by atoms with Crippen LogP contribution < -0.4 is 5.73 Å². The zero-order valence-electron chi connectivity index (χ0n) is 12.4. The number of nitrogens with two attached hydrogens (primary N) is 1. The summed E-state index contributed by atoms with van der Waals surface area (Å²) in [7, 11) is 1.84. The molecule has 1 aliphatic heterocycles. The molecular weight excluding hydrogens is 224 g/mol. The van der Waals surface area contributed by atoms with Crippen LogP contribution in [0.4, 0.5) is 0 Å². The lowest BCUT2D eigenvalue weighted by Crippen LogP contribution is -2.37. The average Bonchev–Trinajstić information content (AvgIpc) is 2.40. The number of rotatable bonds is 9. The van der Waals surface area contributed by atoms with Crippen LogP contribution in [0.1, 0.15) is 51.9 Å². The van der Waals surface area contributed by atoms with Gasteiger partial charge in [-0.25, -0.2) is 0 Å². The van der Waals surface area contributed by atoms with Crippen molar-refractivity contribution in [3.8, 4) is 0 Å². The van der Waals surface area contributed by atoms with Crippen molar-refractivity contribution in [2.75, 3.05) is 33.3 Å². The van der Waals surface area contributed by atoms with Gasteiger partial charge in [0.05, 0.1) is 6.10 Å². The number of likely N-dealkylation sites (tertiary alicyclic amines) is 1. The Morgan fingerprint density at radius 1 is 1.22 bits per heavy atom. The molecule has 0 aliphatic carbocycles. The van der Waals surface area contributed by atoms with Gasteiger partial charge in [-0.05, 0) is 51.1 Å². The molecule has 0 aromatic carbocycles. The van der Waals surface area contributed by atoms with E-state index in [1.165, 1.54) is 64.6 Å². The molecule has 0 aromatic rings. The van der Waals surface area contributed by atoms with Gasteiger partial charge in [-0.3, -0.25) is 0 Å². The maximum Gasteiger partial charge on any atom is 0.0595 e. The molecule has 1 unspecified atom stereocenters. The standard InChI is InChI=1S/C15H32N2O/c1-3-5-14(7-10-16)6-4-11-17-12-8-15(18-2)9-13-17/h14-15H,3-13,16H2,1-2H3. The van der Waals surface area contributed by atoms with Crippen molar-refractivity contribution in [1.82, 2.24) is 4.90 Å². The molecule has 0 aromatic heterocycles. The van der Waals surface area contributed by atoms with Gasteiger partial charge in [0.15, 0.2) is 0 Å². The van der Waals surface area contributed by atoms with Crippen LogP contribution in [0.5, 0.6) is 0 Å². The highest BCUT2D eigenvalue weighted by atomic mass is 16.5. The monoisotopic (exact) mass is 256 g/mol. The lowest BCUT2D eigenvalue weighted by atomic mass is 9.94. The number of hydrogen-bond acceptors (Lipinski definition) is 3. The summed E-state index contributed by atoms with van der Waals surface area (Å²) < 4.78 is 5.41. The Kier molecular flexibility index (Phi) is 8.64. The van der Waals surface area contributed by atoms with E-state index in [0.717, 1.165) is 12.5 Å². The largest absolute Gasteiger partial charge is 0.381 e. The number of ether oxygens (including phenoxy) is 1. The van der Waals surface area contributed by atoms with Gasteiger partial charge >= 0.3 is 0 Å². The molecule has 3 heteroatoms. The minimum Gasteiger partial charge on any atom is -0.381 e. The van der Waals surface area contributed by atoms with Crippen molar-refractivity contribution in [1.29, 1.82) is 0 Å². The number of piperidine rings is 1. The van der Waals surface area contributed by atoms with Crippen molar-refractivity contribution in [2.45, 2.75) is 58.0 Å². The maximum absolute atomic E-state index is 5.68. The molecule has 1 saturated heterocycles. The molecule has 18 heavy (non-hydrogen) atoms. The molecule has 0 saturated carbocycles. The van der Waals surface area contributed by atoms with Gasteiger partial charge in [0.25, 0.3) is 0 Å². The highest BCUT2D eigenvalue weighted by Crippen LogP contribution is 2.18. The third-order valence-electron chi connectivity index (χ3n) is 4.23. The smallest absolute Gasteiger partial charge is 0.0595 e. The zero-order valence-corrected chi connectivity index (χ0v) is 12.4. The van der Waals surface area contributed by atoms with Gasteiger partial charge < -0.3 is 15.4 Å². The summed E-state index contributed by atoms with van der Waals surface area (Å²) >= 11 is 0. The molecule has 1 heterocycles. The van der Waals surface area contributed by atoms with Gasteiger partial charge in [-0.2, -0.15) is 0 Å². The van der Waals surface area contributed by atoms with E-state index in [9.17, 15) is 0 Å². The van der Waals surface area contributed by atoms with E-state index in [1.54, 1.807) is 0 Å². The second-order valence-electron chi connectivity index (χ2n) is 5.65. The molecule has 1 aliphatic rings. The highest BCUT2D eigenvalue weighted by Gasteiger charge is 2.18. The summed E-state index contributed by atoms with van der Waals surface area (Å²) in [6, 6.07) is 0. The second kappa shape index (κ2) is 9.76. The molecule has 0 amide bonds. The summed E-state index contributed by atoms with van der Waals surface area (Å²) in [4.78, 5) is 2.60. The minimum atomic E-state index is 0.506. The van der Waals surface area contributed by atoms with Gasteiger partial charge in [0.1, 0.15) is 0 Å². The highest BCUT2D eigenvalue weighted by molar-refractivity contribution is 4.72. The quantitative estimate of drug-likeness (QED) is 0.689. The Hall–Kier alpha value is -0.120. The Morgan fingerprint density at radius 3 is 2.50 bits per heavy atom. The van der Waals surface area contributed by atoms with E-state index in [2.05, 4.69) is 11.8 Å². The molecule has 3 nitrogen and oxygen atoms in total. The van der Waals surface area contributed by atoms with Crippen molar-refractivity contribution in [3.63, 3.8) is 0 Å². The molecule has 108 valence electrons. The van der Waals surface area contributed by atoms with E-state index in [1.807, 2.05) is 7.11 Å². The van der Waals surface area contributed by atoms with Crippen LogP contribution in [-0.2, 0) is 4.74 Å². The van der Waals surface area contributed by atoms with E-state index >= 15 is 0 Å². The molecule has 0 radical (unpaired) electrons. The molecule has 0 spiro atoms. The number of hydrogen-bond donors (Lipinski definition) is 1. The van der Waals surface area contributed by atoms with Crippen LogP contribution >= 0.6 is 0 Å². The summed E-state index contributed by atoms with van der Waals surface area (Å²) in [5, 5.41) is 0. The van der Waals surface area contributed by atoms with Crippen LogP contribution in [0.3, 0.4) is 0 Å². The first-order chi connectivity index (χ1) is 8.80. The fourth-order valence-corrected chi connectivity index (χ4v) is 3.05. The first-order valence-electron chi connectivity index (χ1n) is 7.75. The summed E-state index contributed by atoms with van der Waals surface area (Å²) in [6.45, 7) is 6.83. The Balaban J connectivity index is 2.09. The van der Waals surface area contributed by atoms with Gasteiger partial charge in [-0.1, -0.05) is 19.8 Å². The second-order valence-corrected chi connectivity index (χ2v) is 5.65. The van der Waals surface area contributed by atoms with Crippen LogP contribution in [0.25, 0.3) is 0 Å². The Labute approximate surface area is 113 Å². The lowest BCUT2D eigenvalue weighted by Gasteiger charge is -2.31. The molecule has 1 fully saturated rings. The number of nitrogens with zero attached hydrogens (tertiary/aromatic N) is 1. The lowest BCUT2D eigenvalue weighted by molar-refractivity contribution is 0.0403. The van der Waals surface area contributed by atoms with Crippen molar-refractivity contribution in [2.24, 2.45) is 11.7 Å². The molecule has 1 rings (SSSR count). The normalized spacial score (nSPS) is 20.2. The molecule has 1 atom stereocenters. The van der Waals surface area contributed by atoms with Crippen LogP contribution in [-0.4, -0.2) is 44.3 Å². The molecular formula is C15H32N2O. The first kappa shape index (κ1) is 15.9. The maximum atomic E-state index is 5.68. The topological polar surface area (TPSA) is 38.5 Å². The number of methoxy groups -OCH3 is 1. The van der Waals surface area contributed by atoms with Gasteiger partial charge in [0.2, 0.25) is 0 Å². The third-order valence-corrected chi connectivity index (χ3v) is 4.23. The Bertz CT molecular complexity index is 185. The summed E-state index contributed by atoms with van der Waals surface area (Å²) in [5.41, 5.74) is 5.68. The predicted molar refractivity (Wildman–Crippen MR) is 77.8 cm³/mol. The zero-order chi connectivity index (χ0) is 13.2. The van der Waals surface area contributed by atoms with Crippen molar-refractivity contribution >= 4 is 0 Å². The van der Waals surface area contributed by atoms with E-state index in [0.29, 0.717) is 6.10 Å². The van der Waals surface area contributed by atoms with Gasteiger partial charge in [-0.15, -0.1) is 0 Å². The predicted octanol–water partition coefficient (Wildman–Crippen LogP) is 2.64. The van der Waals surface area contributed by atoms with Crippen LogP contribution in [0.15, 0.2) is 0 Å². The minimum absolute atomic E-state index is 0.506. The molecule has 2 N–H and O–H groups in total. The van der Waals surface area contributed by atoms with Crippen LogP contribution in [0.2, 0.25) is 0 Å². The van der Waals surface area contributed by atoms with E-state index in [4.69, 9.17) is 10.5 Å². The van der Waals surface area contributed by atoms with Crippen molar-refractivity contribution < 1.29 is 4.74 Å². The van der Waals surface area contributed by atoms with E-state index < -0.39 is 0 Å². The van der Waals surface area contributed by atoms with Crippen molar-refractivity contribution in [3.05, 3.63) is 0 Å². The van der Waals surface area contributed by atoms with Crippen LogP contribution in [0, 0.1) is 5.92 Å². The fraction of sp³-hybridized carbons (Fsp3) is 1.00. The summed E-state index contributed by atoms with van der Waals surface area (Å²) in [5.74, 6) is 0.858. The SMILES string of the molecule is CCCC(CCN)CCCN1CCC(OC)CC1. The fourth-order valence-electron chi connectivity index (χ4n) is 3.05. The summed E-state index contributed by atoms with van der Waals surface area (Å²) in [6.07, 6.45) is 9.46. The average molecular weight is 256 g/mol.